The fourth-order valence-corrected chi connectivity index (χ4v) is 2.84. The molecular formula is C20H32O13. The molecule has 1 N–H and O–H groups in total. The number of carboxylic acid groups (broad SMARTS) is 1. The Labute approximate surface area is 191 Å². The number of hydrogen-bond acceptors (Lipinski definition) is 12. The van der Waals surface area contributed by atoms with Gasteiger partial charge in [-0.15, -0.1) is 0 Å². The van der Waals surface area contributed by atoms with Gasteiger partial charge in [-0.25, -0.2) is 4.79 Å². The summed E-state index contributed by atoms with van der Waals surface area (Å²) < 4.78 is 42.3. The van der Waals surface area contributed by atoms with Crippen LogP contribution in [0.2, 0.25) is 0 Å². The van der Waals surface area contributed by atoms with Crippen molar-refractivity contribution in [2.75, 3.05) is 52.9 Å². The molecule has 0 amide bonds. The van der Waals surface area contributed by atoms with E-state index in [4.69, 9.17) is 43.0 Å². The van der Waals surface area contributed by atoms with Crippen LogP contribution < -0.4 is 0 Å². The molecule has 1 aliphatic rings. The van der Waals surface area contributed by atoms with E-state index in [1.807, 2.05) is 0 Å². The lowest BCUT2D eigenvalue weighted by molar-refractivity contribution is -0.267. The molecule has 4 atom stereocenters. The first-order chi connectivity index (χ1) is 15.7. The molecule has 0 aromatic carbocycles. The van der Waals surface area contributed by atoms with Crippen molar-refractivity contribution in [1.29, 1.82) is 0 Å². The lowest BCUT2D eigenvalue weighted by Gasteiger charge is -2.39. The third kappa shape index (κ3) is 13.7. The molecule has 0 aromatic rings. The highest BCUT2D eigenvalue weighted by Gasteiger charge is 2.44. The third-order valence-corrected chi connectivity index (χ3v) is 4.06. The summed E-state index contributed by atoms with van der Waals surface area (Å²) in [6.45, 7) is 4.44. The molecule has 33 heavy (non-hydrogen) atoms. The molecule has 13 heteroatoms. The highest BCUT2D eigenvalue weighted by molar-refractivity contribution is 5.68. The highest BCUT2D eigenvalue weighted by atomic mass is 16.7. The van der Waals surface area contributed by atoms with E-state index in [9.17, 15) is 19.2 Å². The van der Waals surface area contributed by atoms with E-state index in [0.29, 0.717) is 6.61 Å². The van der Waals surface area contributed by atoms with E-state index >= 15 is 0 Å². The van der Waals surface area contributed by atoms with Crippen LogP contribution in [-0.4, -0.2) is 106 Å². The Hall–Kier alpha value is -2.32. The summed E-state index contributed by atoms with van der Waals surface area (Å²) in [5, 5.41) is 8.43. The molecule has 1 rings (SSSR count). The van der Waals surface area contributed by atoms with Gasteiger partial charge < -0.3 is 43.0 Å². The van der Waals surface area contributed by atoms with Gasteiger partial charge in [0.1, 0.15) is 25.4 Å². The van der Waals surface area contributed by atoms with Gasteiger partial charge >= 0.3 is 23.9 Å². The van der Waals surface area contributed by atoms with Crippen LogP contribution in [0.15, 0.2) is 0 Å². The largest absolute Gasteiger partial charge is 0.480 e. The Bertz CT molecular complexity index is 623. The van der Waals surface area contributed by atoms with Gasteiger partial charge in [-0.2, -0.15) is 0 Å². The Morgan fingerprint density at radius 3 is 1.94 bits per heavy atom. The number of aliphatic carboxylic acids is 1. The van der Waals surface area contributed by atoms with Crippen LogP contribution in [0.5, 0.6) is 0 Å². The molecule has 0 spiro atoms. The maximum absolute atomic E-state index is 11.5. The molecule has 0 aliphatic carbocycles. The first-order valence-electron chi connectivity index (χ1n) is 10.4. The lowest BCUT2D eigenvalue weighted by Crippen LogP contribution is -2.54. The number of rotatable bonds is 16. The number of hydrogen-bond donors (Lipinski definition) is 1. The van der Waals surface area contributed by atoms with Crippen molar-refractivity contribution in [2.45, 2.75) is 51.8 Å². The molecule has 1 aliphatic heterocycles. The normalized spacial score (nSPS) is 22.4. The summed E-state index contributed by atoms with van der Waals surface area (Å²) in [6.07, 6.45) is -3.40. The van der Waals surface area contributed by atoms with Gasteiger partial charge in [-0.3, -0.25) is 14.4 Å². The minimum absolute atomic E-state index is 0.105. The molecule has 1 fully saturated rings. The first kappa shape index (κ1) is 28.7. The highest BCUT2D eigenvalue weighted by Crippen LogP contribution is 2.27. The maximum atomic E-state index is 11.5. The SMILES string of the molecule is CC(=O)OCC1OC(OCCOCCOCCOCC(=O)O)CC(OC(C)=O)C1OC(C)=O. The Morgan fingerprint density at radius 1 is 0.818 bits per heavy atom. The molecule has 0 bridgehead atoms. The lowest BCUT2D eigenvalue weighted by atomic mass is 10.0. The standard InChI is InChI=1S/C20H32O13/c1-13(21)30-11-17-20(32-15(3)23)16(31-14(2)22)10-19(33-17)29-9-8-27-5-4-26-6-7-28-12-18(24)25/h16-17,19-20H,4-12H2,1-3H3,(H,24,25). The minimum atomic E-state index is -1.04. The predicted molar refractivity (Wildman–Crippen MR) is 107 cm³/mol. The fourth-order valence-electron chi connectivity index (χ4n) is 2.84. The van der Waals surface area contributed by atoms with Crippen LogP contribution in [0.3, 0.4) is 0 Å². The zero-order chi connectivity index (χ0) is 24.6. The predicted octanol–water partition coefficient (Wildman–Crippen LogP) is -0.321. The zero-order valence-corrected chi connectivity index (χ0v) is 19.0. The quantitative estimate of drug-likeness (QED) is 0.174. The minimum Gasteiger partial charge on any atom is -0.480 e. The van der Waals surface area contributed by atoms with Gasteiger partial charge in [0.25, 0.3) is 0 Å². The molecule has 190 valence electrons. The number of carboxylic acids is 1. The number of carbonyl (C=O) groups is 4. The van der Waals surface area contributed by atoms with Crippen LogP contribution in [0.4, 0.5) is 0 Å². The topological polar surface area (TPSA) is 162 Å². The van der Waals surface area contributed by atoms with Crippen molar-refractivity contribution in [3.05, 3.63) is 0 Å². The molecule has 0 aromatic heterocycles. The maximum Gasteiger partial charge on any atom is 0.329 e. The van der Waals surface area contributed by atoms with Crippen molar-refractivity contribution in [3.63, 3.8) is 0 Å². The molecule has 4 unspecified atom stereocenters. The molecule has 13 nitrogen and oxygen atoms in total. The van der Waals surface area contributed by atoms with Crippen LogP contribution in [-0.2, 0) is 57.1 Å². The van der Waals surface area contributed by atoms with E-state index in [1.54, 1.807) is 0 Å². The average molecular weight is 480 g/mol. The Morgan fingerprint density at radius 2 is 1.39 bits per heavy atom. The molecule has 1 heterocycles. The van der Waals surface area contributed by atoms with Crippen molar-refractivity contribution in [2.24, 2.45) is 0 Å². The second-order valence-corrected chi connectivity index (χ2v) is 6.91. The third-order valence-electron chi connectivity index (χ3n) is 4.06. The van der Waals surface area contributed by atoms with Crippen LogP contribution in [0.1, 0.15) is 27.2 Å². The van der Waals surface area contributed by atoms with E-state index < -0.39 is 48.5 Å². The molecule has 1 saturated heterocycles. The smallest absolute Gasteiger partial charge is 0.329 e. The number of ether oxygens (including phenoxy) is 8. The van der Waals surface area contributed by atoms with Gasteiger partial charge in [0.05, 0.1) is 39.6 Å². The summed E-state index contributed by atoms with van der Waals surface area (Å²) in [5.41, 5.74) is 0. The van der Waals surface area contributed by atoms with Crippen molar-refractivity contribution in [3.8, 4) is 0 Å². The van der Waals surface area contributed by atoms with Crippen LogP contribution >= 0.6 is 0 Å². The van der Waals surface area contributed by atoms with Gasteiger partial charge in [0.15, 0.2) is 12.4 Å². The van der Waals surface area contributed by atoms with Crippen molar-refractivity contribution in [1.82, 2.24) is 0 Å². The van der Waals surface area contributed by atoms with E-state index in [1.165, 1.54) is 20.8 Å². The summed E-state index contributed by atoms with van der Waals surface area (Å²) in [4.78, 5) is 44.5. The second kappa shape index (κ2) is 16.3. The summed E-state index contributed by atoms with van der Waals surface area (Å²) >= 11 is 0. The van der Waals surface area contributed by atoms with Crippen LogP contribution in [0.25, 0.3) is 0 Å². The summed E-state index contributed by atoms with van der Waals surface area (Å²) in [6, 6.07) is 0. The zero-order valence-electron chi connectivity index (χ0n) is 19.0. The van der Waals surface area contributed by atoms with Gasteiger partial charge in [0.2, 0.25) is 0 Å². The van der Waals surface area contributed by atoms with Gasteiger partial charge in [0, 0.05) is 27.2 Å². The van der Waals surface area contributed by atoms with E-state index in [0.717, 1.165) is 0 Å². The van der Waals surface area contributed by atoms with Gasteiger partial charge in [-0.05, 0) is 0 Å². The fraction of sp³-hybridized carbons (Fsp3) is 0.800. The van der Waals surface area contributed by atoms with Crippen molar-refractivity contribution >= 4 is 23.9 Å². The second-order valence-electron chi connectivity index (χ2n) is 6.91. The first-order valence-corrected chi connectivity index (χ1v) is 10.4. The van der Waals surface area contributed by atoms with E-state index in [2.05, 4.69) is 0 Å². The molecule has 0 radical (unpaired) electrons. The molecular weight excluding hydrogens is 448 g/mol. The summed E-state index contributed by atoms with van der Waals surface area (Å²) in [5.74, 6) is -2.76. The Kier molecular flexibility index (Phi) is 14.2. The number of carbonyl (C=O) groups excluding carboxylic acids is 3. The van der Waals surface area contributed by atoms with Crippen molar-refractivity contribution < 1.29 is 62.2 Å². The summed E-state index contributed by atoms with van der Waals surface area (Å²) in [7, 11) is 0. The van der Waals surface area contributed by atoms with Gasteiger partial charge in [-0.1, -0.05) is 0 Å². The van der Waals surface area contributed by atoms with E-state index in [-0.39, 0.29) is 52.7 Å². The average Bonchev–Trinajstić information content (AvgIpc) is 2.71. The van der Waals surface area contributed by atoms with Crippen LogP contribution in [0, 0.1) is 0 Å². The number of esters is 3. The molecule has 0 saturated carbocycles. The Balaban J connectivity index is 2.40. The monoisotopic (exact) mass is 480 g/mol.